The summed E-state index contributed by atoms with van der Waals surface area (Å²) >= 11 is 0. The summed E-state index contributed by atoms with van der Waals surface area (Å²) in [6, 6.07) is 6.72. The summed E-state index contributed by atoms with van der Waals surface area (Å²) in [5, 5.41) is 1.08. The number of rotatable bonds is 14. The number of carbonyl (C=O) groups excluding carboxylic acids is 4. The quantitative estimate of drug-likeness (QED) is 0.202. The van der Waals surface area contributed by atoms with Crippen molar-refractivity contribution in [1.82, 2.24) is 14.6 Å². The van der Waals surface area contributed by atoms with Gasteiger partial charge in [0.2, 0.25) is 27.7 Å². The number of nitrogens with zero attached hydrogens (tertiary/aromatic N) is 2. The third kappa shape index (κ3) is 9.20. The molecule has 2 heterocycles. The first-order valence-corrected chi connectivity index (χ1v) is 19.6. The molecule has 2 amide bonds. The van der Waals surface area contributed by atoms with E-state index in [9.17, 15) is 27.6 Å². The fourth-order valence-electron chi connectivity index (χ4n) is 7.13. The summed E-state index contributed by atoms with van der Waals surface area (Å²) in [7, 11) is -3.86. The number of ether oxygens (including phenoxy) is 3. The molecular formula is C39H53N3O9S. The number of allylic oxidation sites excluding steroid dienone is 1. The van der Waals surface area contributed by atoms with E-state index in [1.54, 1.807) is 40.0 Å². The number of amides is 2. The molecule has 2 saturated carbocycles. The molecule has 0 unspecified atom stereocenters. The highest BCUT2D eigenvalue weighted by Crippen LogP contribution is 2.57. The van der Waals surface area contributed by atoms with Crippen molar-refractivity contribution in [3.8, 4) is 5.88 Å². The van der Waals surface area contributed by atoms with E-state index in [1.165, 1.54) is 4.90 Å². The van der Waals surface area contributed by atoms with Crippen molar-refractivity contribution in [3.05, 3.63) is 48.7 Å². The highest BCUT2D eigenvalue weighted by atomic mass is 32.2. The van der Waals surface area contributed by atoms with E-state index in [4.69, 9.17) is 14.2 Å². The monoisotopic (exact) mass is 739 g/mol. The van der Waals surface area contributed by atoms with E-state index in [-0.39, 0.29) is 32.2 Å². The van der Waals surface area contributed by atoms with Crippen molar-refractivity contribution in [2.45, 2.75) is 129 Å². The van der Waals surface area contributed by atoms with Crippen molar-refractivity contribution in [3.63, 3.8) is 0 Å². The number of aryl methyl sites for hydroxylation is 1. The van der Waals surface area contributed by atoms with Gasteiger partial charge in [0.25, 0.3) is 0 Å². The molecule has 2 aliphatic carbocycles. The van der Waals surface area contributed by atoms with Crippen LogP contribution in [0.5, 0.6) is 5.88 Å². The molecule has 3 aliphatic rings. The largest absolute Gasteiger partial charge is 0.472 e. The lowest BCUT2D eigenvalue weighted by atomic mass is 9.90. The van der Waals surface area contributed by atoms with Crippen molar-refractivity contribution in [2.75, 3.05) is 6.54 Å². The van der Waals surface area contributed by atoms with Gasteiger partial charge in [-0.3, -0.25) is 23.9 Å². The Labute approximate surface area is 307 Å². The second-order valence-corrected chi connectivity index (χ2v) is 18.6. The summed E-state index contributed by atoms with van der Waals surface area (Å²) in [6.07, 6.45) is 2.53. The Morgan fingerprint density at radius 2 is 1.79 bits per heavy atom. The Kier molecular flexibility index (Phi) is 11.0. The first-order valence-electron chi connectivity index (χ1n) is 18.1. The van der Waals surface area contributed by atoms with Crippen LogP contribution >= 0.6 is 0 Å². The summed E-state index contributed by atoms with van der Waals surface area (Å²) in [4.78, 5) is 61.7. The summed E-state index contributed by atoms with van der Waals surface area (Å²) in [5.41, 5.74) is -1.68. The second kappa shape index (κ2) is 14.5. The lowest BCUT2D eigenvalue weighted by Crippen LogP contribution is -2.49. The van der Waals surface area contributed by atoms with Crippen LogP contribution in [0, 0.1) is 24.2 Å². The normalized spacial score (nSPS) is 24.5. The molecule has 13 heteroatoms. The molecule has 1 saturated heterocycles. The minimum atomic E-state index is -3.86. The predicted molar refractivity (Wildman–Crippen MR) is 196 cm³/mol. The minimum absolute atomic E-state index is 0.00632. The molecular weight excluding hydrogens is 687 g/mol. The lowest BCUT2D eigenvalue weighted by Gasteiger charge is -2.34. The predicted octanol–water partition coefficient (Wildman–Crippen LogP) is 5.20. The van der Waals surface area contributed by atoms with Crippen LogP contribution in [-0.4, -0.2) is 83.1 Å². The zero-order valence-electron chi connectivity index (χ0n) is 31.6. The third-order valence-electron chi connectivity index (χ3n) is 9.87. The van der Waals surface area contributed by atoms with Crippen LogP contribution in [0.2, 0.25) is 0 Å². The maximum absolute atomic E-state index is 14.7. The third-order valence-corrected chi connectivity index (χ3v) is 11.7. The number of ketones is 1. The molecule has 5 rings (SSSR count). The number of benzene rings is 1. The van der Waals surface area contributed by atoms with E-state index in [0.717, 1.165) is 16.3 Å². The van der Waals surface area contributed by atoms with Gasteiger partial charge in [0.1, 0.15) is 11.7 Å². The second-order valence-electron chi connectivity index (χ2n) is 16.7. The fraction of sp³-hybridized carbons (Fsp3) is 0.615. The van der Waals surface area contributed by atoms with Gasteiger partial charge in [-0.2, -0.15) is 0 Å². The smallest absolute Gasteiger partial charge is 0.307 e. The first-order chi connectivity index (χ1) is 24.1. The highest BCUT2D eigenvalue weighted by molar-refractivity contribution is 7.90. The molecule has 3 fully saturated rings. The van der Waals surface area contributed by atoms with E-state index in [1.807, 2.05) is 52.0 Å². The van der Waals surface area contributed by atoms with Gasteiger partial charge in [0, 0.05) is 24.4 Å². The van der Waals surface area contributed by atoms with E-state index in [0.29, 0.717) is 18.7 Å². The number of Topliss-reactive ketones (excluding diaryl/α,β-unsaturated/α-hetero) is 1. The Balaban J connectivity index is 1.46. The Hall–Kier alpha value is -3.84. The van der Waals surface area contributed by atoms with Gasteiger partial charge in [0.05, 0.1) is 47.3 Å². The van der Waals surface area contributed by atoms with Crippen molar-refractivity contribution < 1.29 is 41.8 Å². The van der Waals surface area contributed by atoms with Gasteiger partial charge < -0.3 is 19.1 Å². The van der Waals surface area contributed by atoms with Crippen LogP contribution in [-0.2, 0) is 38.7 Å². The van der Waals surface area contributed by atoms with Gasteiger partial charge in [-0.1, -0.05) is 23.8 Å². The zero-order chi connectivity index (χ0) is 38.4. The molecule has 52 heavy (non-hydrogen) atoms. The van der Waals surface area contributed by atoms with Crippen LogP contribution in [0.4, 0.5) is 0 Å². The molecule has 1 N–H and O–H groups in total. The molecule has 0 bridgehead atoms. The van der Waals surface area contributed by atoms with Gasteiger partial charge in [0.15, 0.2) is 5.78 Å². The Morgan fingerprint density at radius 3 is 2.38 bits per heavy atom. The average molecular weight is 740 g/mol. The topological polar surface area (TPSA) is 158 Å². The highest BCUT2D eigenvalue weighted by Gasteiger charge is 2.61. The van der Waals surface area contributed by atoms with Crippen molar-refractivity contribution in [1.29, 1.82) is 0 Å². The van der Waals surface area contributed by atoms with Crippen molar-refractivity contribution in [2.24, 2.45) is 17.3 Å². The molecule has 0 spiro atoms. The van der Waals surface area contributed by atoms with Crippen LogP contribution < -0.4 is 9.46 Å². The first kappa shape index (κ1) is 39.4. The van der Waals surface area contributed by atoms with Gasteiger partial charge in [-0.05, 0) is 98.1 Å². The molecule has 6 atom stereocenters. The van der Waals surface area contributed by atoms with E-state index >= 15 is 0 Å². The Morgan fingerprint density at radius 1 is 1.10 bits per heavy atom. The van der Waals surface area contributed by atoms with Crippen LogP contribution in [0.25, 0.3) is 10.8 Å². The number of likely N-dealkylation sites (tertiary alicyclic amines) is 1. The van der Waals surface area contributed by atoms with Crippen molar-refractivity contribution >= 4 is 44.4 Å². The lowest BCUT2D eigenvalue weighted by molar-refractivity contribution is -0.165. The molecule has 284 valence electrons. The number of nitrogens with one attached hydrogen (secondary N) is 1. The molecule has 2 aromatic rings. The zero-order valence-corrected chi connectivity index (χ0v) is 32.4. The molecule has 12 nitrogen and oxygen atoms in total. The summed E-state index contributed by atoms with van der Waals surface area (Å²) < 4.78 is 45.9. The maximum atomic E-state index is 14.7. The fourth-order valence-corrected chi connectivity index (χ4v) is 8.52. The van der Waals surface area contributed by atoms with E-state index in [2.05, 4.69) is 16.3 Å². The van der Waals surface area contributed by atoms with Gasteiger partial charge in [-0.15, -0.1) is 6.58 Å². The van der Waals surface area contributed by atoms with Gasteiger partial charge in [-0.25, -0.2) is 13.4 Å². The number of esters is 1. The SMILES string of the molecule is C=C[C@@H]1C[C@]1(CC(=O)[C@@H]1C[C@@H](Oc2nccc3cc(C)ccc23)CN1C(=O)[C@@H](CC(=O)OC(C)(C)C)[C@H](C)OC(C)(C)C)C(=O)NS(=O)(=O)C1CC1. The van der Waals surface area contributed by atoms with Crippen LogP contribution in [0.3, 0.4) is 0 Å². The average Bonchev–Trinajstić information content (AvgIpc) is 3.94. The number of pyridine rings is 1. The summed E-state index contributed by atoms with van der Waals surface area (Å²) in [6.45, 7) is 18.3. The number of hydrogen-bond acceptors (Lipinski definition) is 10. The molecule has 1 aliphatic heterocycles. The number of carbonyl (C=O) groups is 4. The maximum Gasteiger partial charge on any atom is 0.307 e. The molecule has 1 aromatic heterocycles. The Bertz CT molecular complexity index is 1840. The van der Waals surface area contributed by atoms with E-state index < -0.39 is 85.5 Å². The van der Waals surface area contributed by atoms with Gasteiger partial charge >= 0.3 is 5.97 Å². The summed E-state index contributed by atoms with van der Waals surface area (Å²) in [5.74, 6) is -3.28. The molecule has 1 aromatic carbocycles. The number of hydrogen-bond donors (Lipinski definition) is 1. The number of sulfonamides is 1. The number of aromatic nitrogens is 1. The number of fused-ring (bicyclic) bond motifs is 1. The minimum Gasteiger partial charge on any atom is -0.472 e. The standard InChI is InChI=1S/C39H53N3O9S/c1-10-26-20-39(26,36(46)41-52(47,48)28-12-13-28)21-32(43)31-18-27(49-34-29-14-11-23(2)17-25(29)15-16-40-34)22-42(31)35(45)30(24(3)50-37(4,5)6)19-33(44)51-38(7,8)9/h10-11,14-17,24,26-28,30-31H,1,12-13,18-22H2,2-9H3,(H,41,46)/t24-,26+,27+,30-,31-,39+/m0/s1. The molecule has 0 radical (unpaired) electrons. The van der Waals surface area contributed by atoms with Crippen LogP contribution in [0.15, 0.2) is 43.1 Å². The van der Waals surface area contributed by atoms with Crippen LogP contribution in [0.1, 0.15) is 92.6 Å².